The van der Waals surface area contributed by atoms with E-state index >= 15 is 0 Å². The Morgan fingerprint density at radius 2 is 1.86 bits per heavy atom. The lowest BCUT2D eigenvalue weighted by Gasteiger charge is -2.18. The Balaban J connectivity index is 1.60. The van der Waals surface area contributed by atoms with Gasteiger partial charge in [0.1, 0.15) is 0 Å². The van der Waals surface area contributed by atoms with Crippen LogP contribution in [0.3, 0.4) is 0 Å². The summed E-state index contributed by atoms with van der Waals surface area (Å²) in [5.41, 5.74) is -0.133. The molecule has 0 radical (unpaired) electrons. The maximum Gasteiger partial charge on any atom is 0.255 e. The molecule has 2 amide bonds. The molecular formula is C19H18N2O6S. The normalized spacial score (nSPS) is 18.9. The summed E-state index contributed by atoms with van der Waals surface area (Å²) in [7, 11) is -3.78. The summed E-state index contributed by atoms with van der Waals surface area (Å²) in [5, 5.41) is 2.73. The van der Waals surface area contributed by atoms with Gasteiger partial charge in [-0.1, -0.05) is 6.07 Å². The first kappa shape index (κ1) is 18.3. The molecule has 2 aliphatic rings. The molecule has 0 aromatic heterocycles. The fourth-order valence-electron chi connectivity index (χ4n) is 3.21. The molecule has 146 valence electrons. The fourth-order valence-corrected chi connectivity index (χ4v) is 5.31. The van der Waals surface area contributed by atoms with Crippen molar-refractivity contribution in [3.8, 4) is 11.5 Å². The van der Waals surface area contributed by atoms with E-state index in [4.69, 9.17) is 9.47 Å². The van der Waals surface area contributed by atoms with Crippen molar-refractivity contribution in [1.82, 2.24) is 0 Å². The molecular weight excluding hydrogens is 384 g/mol. The summed E-state index contributed by atoms with van der Waals surface area (Å²) in [5.74, 6) is -0.0975. The molecule has 0 unspecified atom stereocenters. The monoisotopic (exact) mass is 402 g/mol. The quantitative estimate of drug-likeness (QED) is 0.846. The van der Waals surface area contributed by atoms with Gasteiger partial charge in [0.15, 0.2) is 11.5 Å². The van der Waals surface area contributed by atoms with E-state index in [0.717, 1.165) is 4.31 Å². The molecule has 9 heteroatoms. The largest absolute Gasteiger partial charge is 0.454 e. The van der Waals surface area contributed by atoms with Crippen LogP contribution in [0, 0.1) is 5.41 Å². The van der Waals surface area contributed by atoms with Gasteiger partial charge in [-0.2, -0.15) is 0 Å². The number of nitrogens with zero attached hydrogens (tertiary/aromatic N) is 1. The molecule has 2 aromatic carbocycles. The van der Waals surface area contributed by atoms with Crippen molar-refractivity contribution in [1.29, 1.82) is 0 Å². The van der Waals surface area contributed by atoms with Crippen molar-refractivity contribution in [3.63, 3.8) is 0 Å². The number of ether oxygens (including phenoxy) is 2. The zero-order valence-corrected chi connectivity index (χ0v) is 16.1. The van der Waals surface area contributed by atoms with Gasteiger partial charge in [-0.05, 0) is 44.2 Å². The second-order valence-electron chi connectivity index (χ2n) is 7.28. The molecule has 0 bridgehead atoms. The third-order valence-electron chi connectivity index (χ3n) is 4.56. The Bertz CT molecular complexity index is 1090. The van der Waals surface area contributed by atoms with E-state index < -0.39 is 27.3 Å². The lowest BCUT2D eigenvalue weighted by molar-refractivity contribution is -0.123. The maximum atomic E-state index is 12.6. The fraction of sp³-hybridized carbons (Fsp3) is 0.263. The maximum absolute atomic E-state index is 12.6. The van der Waals surface area contributed by atoms with Gasteiger partial charge in [0.05, 0.1) is 16.9 Å². The molecule has 28 heavy (non-hydrogen) atoms. The second-order valence-corrected chi connectivity index (χ2v) is 9.10. The Hall–Kier alpha value is -3.07. The van der Waals surface area contributed by atoms with Crippen LogP contribution in [0.25, 0.3) is 0 Å². The Morgan fingerprint density at radius 3 is 2.57 bits per heavy atom. The number of rotatable bonds is 3. The van der Waals surface area contributed by atoms with Crippen molar-refractivity contribution in [2.24, 2.45) is 5.41 Å². The van der Waals surface area contributed by atoms with Gasteiger partial charge in [-0.25, -0.2) is 12.7 Å². The average Bonchev–Trinajstić information content (AvgIpc) is 3.14. The molecule has 1 N–H and O–H groups in total. The van der Waals surface area contributed by atoms with Crippen LogP contribution < -0.4 is 19.1 Å². The number of carbonyl (C=O) groups excluding carboxylic acids is 2. The lowest BCUT2D eigenvalue weighted by Crippen LogP contribution is -2.33. The number of anilines is 2. The Labute approximate surface area is 162 Å². The van der Waals surface area contributed by atoms with E-state index in [1.807, 2.05) is 0 Å². The summed E-state index contributed by atoms with van der Waals surface area (Å²) in [6.45, 7) is 3.30. The third-order valence-corrected chi connectivity index (χ3v) is 6.58. The number of benzene rings is 2. The molecule has 0 aliphatic carbocycles. The standard InChI is InChI=1S/C19H18N2O6S/c1-19(2)10-28(24,25)21(18(19)23)14-5-3-4-12(8-14)17(22)20-13-6-7-15-16(9-13)27-11-26-15/h3-9H,10-11H2,1-2H3,(H,20,22). The minimum atomic E-state index is -3.78. The number of hydrogen-bond acceptors (Lipinski definition) is 6. The molecule has 2 heterocycles. The molecule has 0 atom stereocenters. The highest BCUT2D eigenvalue weighted by molar-refractivity contribution is 7.94. The summed E-state index contributed by atoms with van der Waals surface area (Å²) in [6.07, 6.45) is 0. The highest BCUT2D eigenvalue weighted by Crippen LogP contribution is 2.36. The van der Waals surface area contributed by atoms with Gasteiger partial charge in [-0.15, -0.1) is 0 Å². The molecule has 0 saturated carbocycles. The first-order chi connectivity index (χ1) is 13.2. The van der Waals surface area contributed by atoms with Crippen molar-refractivity contribution in [3.05, 3.63) is 48.0 Å². The van der Waals surface area contributed by atoms with Crippen molar-refractivity contribution in [2.75, 3.05) is 22.2 Å². The summed E-state index contributed by atoms with van der Waals surface area (Å²) < 4.78 is 36.2. The van der Waals surface area contributed by atoms with Crippen LogP contribution in [-0.2, 0) is 14.8 Å². The lowest BCUT2D eigenvalue weighted by atomic mass is 9.95. The number of sulfonamides is 1. The minimum absolute atomic E-state index is 0.128. The van der Waals surface area contributed by atoms with Gasteiger partial charge in [0, 0.05) is 17.3 Å². The Morgan fingerprint density at radius 1 is 1.11 bits per heavy atom. The van der Waals surface area contributed by atoms with Gasteiger partial charge in [-0.3, -0.25) is 9.59 Å². The van der Waals surface area contributed by atoms with Crippen molar-refractivity contribution < 1.29 is 27.5 Å². The van der Waals surface area contributed by atoms with E-state index in [9.17, 15) is 18.0 Å². The molecule has 2 aromatic rings. The summed E-state index contributed by atoms with van der Waals surface area (Å²) in [6, 6.07) is 11.0. The van der Waals surface area contributed by atoms with E-state index in [1.165, 1.54) is 18.2 Å². The number of amides is 2. The van der Waals surface area contributed by atoms with E-state index in [-0.39, 0.29) is 23.8 Å². The molecule has 0 spiro atoms. The summed E-state index contributed by atoms with van der Waals surface area (Å²) >= 11 is 0. The minimum Gasteiger partial charge on any atom is -0.454 e. The Kier molecular flexibility index (Phi) is 4.07. The second kappa shape index (κ2) is 6.23. The van der Waals surface area contributed by atoms with Gasteiger partial charge >= 0.3 is 0 Å². The molecule has 2 aliphatic heterocycles. The molecule has 1 fully saturated rings. The first-order valence-corrected chi connectivity index (χ1v) is 10.2. The van der Waals surface area contributed by atoms with Crippen LogP contribution in [-0.4, -0.2) is 32.8 Å². The average molecular weight is 402 g/mol. The zero-order chi connectivity index (χ0) is 20.1. The first-order valence-electron chi connectivity index (χ1n) is 8.56. The van der Waals surface area contributed by atoms with E-state index in [2.05, 4.69) is 5.32 Å². The van der Waals surface area contributed by atoms with E-state index in [1.54, 1.807) is 38.1 Å². The van der Waals surface area contributed by atoms with Crippen LogP contribution in [0.1, 0.15) is 24.2 Å². The zero-order valence-electron chi connectivity index (χ0n) is 15.3. The number of hydrogen-bond donors (Lipinski definition) is 1. The van der Waals surface area contributed by atoms with Crippen LogP contribution in [0.2, 0.25) is 0 Å². The number of carbonyl (C=O) groups is 2. The van der Waals surface area contributed by atoms with Crippen LogP contribution in [0.4, 0.5) is 11.4 Å². The van der Waals surface area contributed by atoms with Gasteiger partial charge in [0.25, 0.3) is 5.91 Å². The van der Waals surface area contributed by atoms with Crippen molar-refractivity contribution in [2.45, 2.75) is 13.8 Å². The molecule has 4 rings (SSSR count). The van der Waals surface area contributed by atoms with Crippen molar-refractivity contribution >= 4 is 33.2 Å². The SMILES string of the molecule is CC1(C)CS(=O)(=O)N(c2cccc(C(=O)Nc3ccc4c(c3)OCO4)c2)C1=O. The molecule has 8 nitrogen and oxygen atoms in total. The topological polar surface area (TPSA) is 102 Å². The van der Waals surface area contributed by atoms with Gasteiger partial charge < -0.3 is 14.8 Å². The highest BCUT2D eigenvalue weighted by Gasteiger charge is 2.49. The number of nitrogens with one attached hydrogen (secondary N) is 1. The highest BCUT2D eigenvalue weighted by atomic mass is 32.2. The van der Waals surface area contributed by atoms with Crippen LogP contribution >= 0.6 is 0 Å². The predicted octanol–water partition coefficient (Wildman–Crippen LogP) is 2.37. The van der Waals surface area contributed by atoms with Crippen LogP contribution in [0.15, 0.2) is 42.5 Å². The van der Waals surface area contributed by atoms with E-state index in [0.29, 0.717) is 17.2 Å². The summed E-state index contributed by atoms with van der Waals surface area (Å²) in [4.78, 5) is 25.2. The predicted molar refractivity (Wildman–Crippen MR) is 102 cm³/mol. The number of fused-ring (bicyclic) bond motifs is 1. The molecule has 1 saturated heterocycles. The van der Waals surface area contributed by atoms with Gasteiger partial charge in [0.2, 0.25) is 22.7 Å². The van der Waals surface area contributed by atoms with Crippen LogP contribution in [0.5, 0.6) is 11.5 Å². The smallest absolute Gasteiger partial charge is 0.255 e. The third kappa shape index (κ3) is 3.07.